The van der Waals surface area contributed by atoms with Crippen LogP contribution in [0.25, 0.3) is 5.69 Å². The molecule has 0 unspecified atom stereocenters. The average molecular weight is 472 g/mol. The maximum Gasteiger partial charge on any atom is 0.359 e. The number of halogens is 2. The molecular weight excluding hydrogens is 453 g/mol. The van der Waals surface area contributed by atoms with Gasteiger partial charge in [-0.25, -0.2) is 13.9 Å². The van der Waals surface area contributed by atoms with E-state index in [2.05, 4.69) is 26.3 Å². The van der Waals surface area contributed by atoms with Gasteiger partial charge < -0.3 is 10.1 Å². The Labute approximate surface area is 181 Å². The molecule has 1 heterocycles. The second-order valence-electron chi connectivity index (χ2n) is 7.10. The number of benzene rings is 2. The van der Waals surface area contributed by atoms with Gasteiger partial charge in [0.05, 0.1) is 5.69 Å². The van der Waals surface area contributed by atoms with E-state index >= 15 is 0 Å². The highest BCUT2D eigenvalue weighted by Gasteiger charge is 2.28. The minimum Gasteiger partial charge on any atom is -0.451 e. The number of amides is 1. The Kier molecular flexibility index (Phi) is 5.67. The molecule has 6 nitrogen and oxygen atoms in total. The third kappa shape index (κ3) is 4.14. The maximum absolute atomic E-state index is 13.2. The van der Waals surface area contributed by atoms with Crippen LogP contribution in [0.15, 0.2) is 46.9 Å². The number of nitrogens with one attached hydrogen (secondary N) is 1. The third-order valence-electron chi connectivity index (χ3n) is 4.99. The Morgan fingerprint density at radius 1 is 1.20 bits per heavy atom. The Balaban J connectivity index is 1.47. The Morgan fingerprint density at radius 2 is 1.97 bits per heavy atom. The lowest BCUT2D eigenvalue weighted by Gasteiger charge is -2.09. The smallest absolute Gasteiger partial charge is 0.359 e. The van der Waals surface area contributed by atoms with Crippen molar-refractivity contribution < 1.29 is 18.7 Å². The van der Waals surface area contributed by atoms with Crippen LogP contribution < -0.4 is 5.32 Å². The van der Waals surface area contributed by atoms with Gasteiger partial charge in [-0.05, 0) is 74.2 Å². The van der Waals surface area contributed by atoms with Crippen LogP contribution in [0.2, 0.25) is 0 Å². The molecule has 0 bridgehead atoms. The minimum atomic E-state index is -0.642. The maximum atomic E-state index is 13.2. The van der Waals surface area contributed by atoms with Crippen molar-refractivity contribution in [2.24, 2.45) is 0 Å². The fourth-order valence-corrected chi connectivity index (χ4v) is 4.03. The molecule has 1 amide bonds. The zero-order valence-corrected chi connectivity index (χ0v) is 17.8. The highest BCUT2D eigenvalue weighted by Crippen LogP contribution is 2.28. The van der Waals surface area contributed by atoms with Gasteiger partial charge in [-0.15, -0.1) is 0 Å². The lowest BCUT2D eigenvalue weighted by atomic mass is 10.2. The number of carbonyl (C=O) groups is 2. The van der Waals surface area contributed by atoms with Gasteiger partial charge in [-0.3, -0.25) is 4.79 Å². The molecule has 0 saturated carbocycles. The summed E-state index contributed by atoms with van der Waals surface area (Å²) in [6.07, 6.45) is 2.39. The number of hydrogen-bond acceptors (Lipinski definition) is 4. The van der Waals surface area contributed by atoms with Crippen LogP contribution in [-0.2, 0) is 22.4 Å². The van der Waals surface area contributed by atoms with Crippen LogP contribution in [0.4, 0.5) is 10.1 Å². The molecule has 0 radical (unpaired) electrons. The van der Waals surface area contributed by atoms with Crippen molar-refractivity contribution in [3.05, 3.63) is 75.3 Å². The number of rotatable bonds is 5. The lowest BCUT2D eigenvalue weighted by Crippen LogP contribution is -2.22. The topological polar surface area (TPSA) is 73.2 Å². The van der Waals surface area contributed by atoms with Crippen molar-refractivity contribution in [2.75, 3.05) is 11.9 Å². The summed E-state index contributed by atoms with van der Waals surface area (Å²) >= 11 is 3.38. The van der Waals surface area contributed by atoms with E-state index in [1.165, 1.54) is 12.1 Å². The van der Waals surface area contributed by atoms with E-state index in [1.807, 2.05) is 19.1 Å². The van der Waals surface area contributed by atoms with Crippen molar-refractivity contribution >= 4 is 33.5 Å². The van der Waals surface area contributed by atoms with Crippen molar-refractivity contribution in [1.29, 1.82) is 0 Å². The molecule has 4 rings (SSSR count). The predicted molar refractivity (Wildman–Crippen MR) is 113 cm³/mol. The monoisotopic (exact) mass is 471 g/mol. The fourth-order valence-electron chi connectivity index (χ4n) is 3.55. The number of hydrogen-bond donors (Lipinski definition) is 1. The summed E-state index contributed by atoms with van der Waals surface area (Å²) in [5, 5.41) is 7.13. The standard InChI is InChI=1S/C22H19BrFN3O3/c1-13-11-14(23)5-10-18(13)25-20(28)12-30-22(29)21-17-3-2-4-19(17)27(26-21)16-8-6-15(24)7-9-16/h5-11H,2-4,12H2,1H3,(H,25,28). The van der Waals surface area contributed by atoms with Crippen molar-refractivity contribution in [3.8, 4) is 5.69 Å². The Morgan fingerprint density at radius 3 is 2.70 bits per heavy atom. The summed E-state index contributed by atoms with van der Waals surface area (Å²) in [7, 11) is 0. The fraction of sp³-hybridized carbons (Fsp3) is 0.227. The lowest BCUT2D eigenvalue weighted by molar-refractivity contribution is -0.119. The molecule has 1 N–H and O–H groups in total. The van der Waals surface area contributed by atoms with Crippen molar-refractivity contribution in [1.82, 2.24) is 9.78 Å². The first kappa shape index (κ1) is 20.3. The molecule has 0 atom stereocenters. The number of anilines is 1. The number of aromatic nitrogens is 2. The Hall–Kier alpha value is -3.00. The molecular formula is C22H19BrFN3O3. The number of fused-ring (bicyclic) bond motifs is 1. The molecule has 30 heavy (non-hydrogen) atoms. The highest BCUT2D eigenvalue weighted by molar-refractivity contribution is 9.10. The summed E-state index contributed by atoms with van der Waals surface area (Å²) < 4.78 is 21.0. The summed E-state index contributed by atoms with van der Waals surface area (Å²) in [4.78, 5) is 24.8. The molecule has 0 spiro atoms. The van der Waals surface area contributed by atoms with Crippen LogP contribution in [-0.4, -0.2) is 28.3 Å². The normalized spacial score (nSPS) is 12.5. The third-order valence-corrected chi connectivity index (χ3v) is 5.48. The SMILES string of the molecule is Cc1cc(Br)ccc1NC(=O)COC(=O)c1nn(-c2ccc(F)cc2)c2c1CCC2. The van der Waals surface area contributed by atoms with Crippen molar-refractivity contribution in [3.63, 3.8) is 0 Å². The van der Waals surface area contributed by atoms with E-state index in [0.717, 1.165) is 34.1 Å². The molecule has 8 heteroatoms. The van der Waals surface area contributed by atoms with Crippen molar-refractivity contribution in [2.45, 2.75) is 26.2 Å². The van der Waals surface area contributed by atoms with Crippen LogP contribution in [0.5, 0.6) is 0 Å². The average Bonchev–Trinajstić information content (AvgIpc) is 3.32. The van der Waals surface area contributed by atoms with E-state index < -0.39 is 18.5 Å². The second kappa shape index (κ2) is 8.39. The van der Waals surface area contributed by atoms with Gasteiger partial charge in [-0.2, -0.15) is 5.10 Å². The second-order valence-corrected chi connectivity index (χ2v) is 8.01. The van der Waals surface area contributed by atoms with E-state index in [4.69, 9.17) is 4.74 Å². The molecule has 0 saturated heterocycles. The summed E-state index contributed by atoms with van der Waals surface area (Å²) in [5.74, 6) is -1.41. The minimum absolute atomic E-state index is 0.208. The summed E-state index contributed by atoms with van der Waals surface area (Å²) in [5.41, 5.74) is 4.18. The number of esters is 1. The summed E-state index contributed by atoms with van der Waals surface area (Å²) in [6.45, 7) is 1.46. The van der Waals surface area contributed by atoms with Gasteiger partial charge in [-0.1, -0.05) is 15.9 Å². The molecule has 3 aromatic rings. The molecule has 1 aliphatic rings. The summed E-state index contributed by atoms with van der Waals surface area (Å²) in [6, 6.07) is 11.4. The molecule has 154 valence electrons. The van der Waals surface area contributed by atoms with Gasteiger partial charge in [0.2, 0.25) is 0 Å². The van der Waals surface area contributed by atoms with Gasteiger partial charge in [0.25, 0.3) is 5.91 Å². The first-order valence-electron chi connectivity index (χ1n) is 9.52. The largest absolute Gasteiger partial charge is 0.451 e. The molecule has 0 aliphatic heterocycles. The molecule has 1 aromatic heterocycles. The molecule has 1 aliphatic carbocycles. The van der Waals surface area contributed by atoms with Crippen LogP contribution >= 0.6 is 15.9 Å². The van der Waals surface area contributed by atoms with Gasteiger partial charge in [0, 0.05) is 21.4 Å². The first-order valence-corrected chi connectivity index (χ1v) is 10.3. The number of aryl methyl sites for hydroxylation is 1. The zero-order valence-electron chi connectivity index (χ0n) is 16.2. The predicted octanol–water partition coefficient (Wildman–Crippen LogP) is 4.37. The zero-order chi connectivity index (χ0) is 21.3. The number of nitrogens with zero attached hydrogens (tertiary/aromatic N) is 2. The van der Waals surface area contributed by atoms with E-state index in [0.29, 0.717) is 17.8 Å². The molecule has 0 fully saturated rings. The van der Waals surface area contributed by atoms with E-state index in [9.17, 15) is 14.0 Å². The van der Waals surface area contributed by atoms with Crippen LogP contribution in [0.1, 0.15) is 33.7 Å². The Bertz CT molecular complexity index is 1130. The van der Waals surface area contributed by atoms with Gasteiger partial charge in [0.1, 0.15) is 5.82 Å². The first-order chi connectivity index (χ1) is 14.4. The quantitative estimate of drug-likeness (QED) is 0.560. The van der Waals surface area contributed by atoms with E-state index in [1.54, 1.807) is 22.9 Å². The van der Waals surface area contributed by atoms with Crippen LogP contribution in [0.3, 0.4) is 0 Å². The number of ether oxygens (including phenoxy) is 1. The van der Waals surface area contributed by atoms with Gasteiger partial charge >= 0.3 is 5.97 Å². The van der Waals surface area contributed by atoms with Gasteiger partial charge in [0.15, 0.2) is 12.3 Å². The number of carbonyl (C=O) groups excluding carboxylic acids is 2. The van der Waals surface area contributed by atoms with Crippen LogP contribution in [0, 0.1) is 12.7 Å². The van der Waals surface area contributed by atoms with E-state index in [-0.39, 0.29) is 11.5 Å². The molecule has 2 aromatic carbocycles. The highest BCUT2D eigenvalue weighted by atomic mass is 79.9.